The molecule has 23 heavy (non-hydrogen) atoms. The van der Waals surface area contributed by atoms with Crippen LogP contribution in [0.25, 0.3) is 11.3 Å². The molecule has 1 heterocycles. The van der Waals surface area contributed by atoms with Gasteiger partial charge in [-0.05, 0) is 55.2 Å². The third-order valence-electron chi connectivity index (χ3n) is 4.77. The molecule has 0 unspecified atom stereocenters. The zero-order valence-corrected chi connectivity index (χ0v) is 13.1. The maximum absolute atomic E-state index is 10.8. The topological polar surface area (TPSA) is 76.2 Å². The molecule has 0 spiro atoms. The lowest BCUT2D eigenvalue weighted by molar-refractivity contribution is -0.138. The fraction of sp³-hybridized carbons (Fsp3) is 0.368. The first-order valence-electron chi connectivity index (χ1n) is 8.15. The predicted octanol–water partition coefficient (Wildman–Crippen LogP) is 4.08. The first-order valence-corrected chi connectivity index (χ1v) is 8.15. The summed E-state index contributed by atoms with van der Waals surface area (Å²) in [5.74, 6) is 0.226. The Balaban J connectivity index is 1.64. The fourth-order valence-corrected chi connectivity index (χ4v) is 3.45. The van der Waals surface area contributed by atoms with Gasteiger partial charge in [0.1, 0.15) is 0 Å². The Morgan fingerprint density at radius 1 is 1.09 bits per heavy atom. The number of carboxylic acids is 1. The second kappa shape index (κ2) is 6.82. The smallest absolute Gasteiger partial charge is 0.303 e. The van der Waals surface area contributed by atoms with Gasteiger partial charge in [-0.25, -0.2) is 0 Å². The summed E-state index contributed by atoms with van der Waals surface area (Å²) in [7, 11) is 0. The first kappa shape index (κ1) is 15.5. The number of hydrogen-bond donors (Lipinski definition) is 2. The molecule has 0 amide bonds. The third-order valence-corrected chi connectivity index (χ3v) is 4.77. The van der Waals surface area contributed by atoms with Crippen LogP contribution >= 0.6 is 0 Å². The van der Waals surface area contributed by atoms with Crippen molar-refractivity contribution in [3.63, 3.8) is 0 Å². The summed E-state index contributed by atoms with van der Waals surface area (Å²) < 4.78 is 0. The molecule has 120 valence electrons. The van der Waals surface area contributed by atoms with Crippen LogP contribution < -0.4 is 5.73 Å². The zero-order chi connectivity index (χ0) is 16.2. The van der Waals surface area contributed by atoms with E-state index in [1.165, 1.54) is 5.56 Å². The van der Waals surface area contributed by atoms with Crippen molar-refractivity contribution in [1.29, 1.82) is 0 Å². The van der Waals surface area contributed by atoms with Gasteiger partial charge in [0.2, 0.25) is 0 Å². The quantitative estimate of drug-likeness (QED) is 0.892. The van der Waals surface area contributed by atoms with Crippen LogP contribution in [-0.2, 0) is 4.79 Å². The van der Waals surface area contributed by atoms with E-state index in [-0.39, 0.29) is 0 Å². The number of anilines is 1. The molecule has 0 saturated heterocycles. The molecule has 1 aliphatic rings. The number of nitrogens with zero attached hydrogens (tertiary/aromatic N) is 1. The Labute approximate surface area is 136 Å². The molecule has 0 radical (unpaired) electrons. The maximum Gasteiger partial charge on any atom is 0.303 e. The zero-order valence-electron chi connectivity index (χ0n) is 13.1. The van der Waals surface area contributed by atoms with Crippen LogP contribution in [0.2, 0.25) is 0 Å². The van der Waals surface area contributed by atoms with Crippen molar-refractivity contribution in [2.24, 2.45) is 5.92 Å². The van der Waals surface area contributed by atoms with E-state index in [4.69, 9.17) is 10.8 Å². The number of hydrogen-bond acceptors (Lipinski definition) is 3. The van der Waals surface area contributed by atoms with Crippen LogP contribution in [0.3, 0.4) is 0 Å². The van der Waals surface area contributed by atoms with Gasteiger partial charge in [-0.2, -0.15) is 0 Å². The van der Waals surface area contributed by atoms with Gasteiger partial charge in [0, 0.05) is 12.0 Å². The van der Waals surface area contributed by atoms with E-state index in [1.807, 2.05) is 12.1 Å². The summed E-state index contributed by atoms with van der Waals surface area (Å²) >= 11 is 0. The molecule has 2 aromatic rings. The van der Waals surface area contributed by atoms with Crippen molar-refractivity contribution in [2.75, 3.05) is 5.73 Å². The lowest BCUT2D eigenvalue weighted by Crippen LogP contribution is -2.16. The molecule has 0 atom stereocenters. The summed E-state index contributed by atoms with van der Waals surface area (Å²) in [6.45, 7) is 0. The molecule has 4 heteroatoms. The van der Waals surface area contributed by atoms with Crippen molar-refractivity contribution < 1.29 is 9.90 Å². The minimum atomic E-state index is -0.672. The maximum atomic E-state index is 10.8. The number of pyridine rings is 1. The molecule has 3 N–H and O–H groups in total. The van der Waals surface area contributed by atoms with E-state index < -0.39 is 5.97 Å². The average molecular weight is 310 g/mol. The highest BCUT2D eigenvalue weighted by Crippen LogP contribution is 2.37. The van der Waals surface area contributed by atoms with E-state index in [2.05, 4.69) is 29.2 Å². The number of carboxylic acid groups (broad SMARTS) is 1. The number of aromatic nitrogens is 1. The van der Waals surface area contributed by atoms with Crippen molar-refractivity contribution in [1.82, 2.24) is 4.98 Å². The van der Waals surface area contributed by atoms with Crippen molar-refractivity contribution in [3.8, 4) is 11.3 Å². The molecule has 1 aromatic heterocycles. The first-order chi connectivity index (χ1) is 11.1. The average Bonchev–Trinajstić information content (AvgIpc) is 2.56. The fourth-order valence-electron chi connectivity index (χ4n) is 3.45. The number of nitrogens with two attached hydrogens (primary N) is 1. The van der Waals surface area contributed by atoms with Crippen LogP contribution in [0.15, 0.2) is 42.6 Å². The summed E-state index contributed by atoms with van der Waals surface area (Å²) in [6.07, 6.45) is 6.17. The van der Waals surface area contributed by atoms with Crippen LogP contribution in [0.1, 0.15) is 43.6 Å². The van der Waals surface area contributed by atoms with Crippen LogP contribution in [-0.4, -0.2) is 16.1 Å². The van der Waals surface area contributed by atoms with Gasteiger partial charge in [-0.1, -0.05) is 24.3 Å². The third kappa shape index (κ3) is 3.89. The van der Waals surface area contributed by atoms with Gasteiger partial charge in [0.15, 0.2) is 0 Å². The highest BCUT2D eigenvalue weighted by atomic mass is 16.4. The van der Waals surface area contributed by atoms with Crippen molar-refractivity contribution in [3.05, 3.63) is 48.2 Å². The van der Waals surface area contributed by atoms with Crippen LogP contribution in [0.5, 0.6) is 0 Å². The number of rotatable bonds is 4. The second-order valence-electron chi connectivity index (χ2n) is 6.41. The molecular formula is C19H22N2O2. The Morgan fingerprint density at radius 3 is 2.35 bits per heavy atom. The van der Waals surface area contributed by atoms with Crippen LogP contribution in [0.4, 0.5) is 5.69 Å². The number of carbonyl (C=O) groups is 1. The Bertz CT molecular complexity index is 657. The standard InChI is InChI=1S/C19H22N2O2/c20-17-9-10-18(21-12-17)16-7-5-15(6-8-16)14-3-1-13(2-4-14)11-19(22)23/h5-10,12-14H,1-4,11,20H2,(H,22,23). The van der Waals surface area contributed by atoms with Gasteiger partial charge in [-0.15, -0.1) is 0 Å². The lowest BCUT2D eigenvalue weighted by atomic mass is 9.77. The van der Waals surface area contributed by atoms with Gasteiger partial charge >= 0.3 is 5.97 Å². The van der Waals surface area contributed by atoms with E-state index in [9.17, 15) is 4.79 Å². The van der Waals surface area contributed by atoms with Gasteiger partial charge in [0.25, 0.3) is 0 Å². The normalized spacial score (nSPS) is 21.0. The highest BCUT2D eigenvalue weighted by molar-refractivity contribution is 5.67. The molecule has 0 aliphatic heterocycles. The Morgan fingerprint density at radius 2 is 1.78 bits per heavy atom. The summed E-state index contributed by atoms with van der Waals surface area (Å²) in [6, 6.07) is 12.4. The summed E-state index contributed by atoms with van der Waals surface area (Å²) in [5.41, 5.74) is 9.70. The number of nitrogen functional groups attached to an aromatic ring is 1. The van der Waals surface area contributed by atoms with E-state index in [0.29, 0.717) is 23.9 Å². The van der Waals surface area contributed by atoms with Crippen LogP contribution in [0, 0.1) is 5.92 Å². The molecule has 1 saturated carbocycles. The number of aliphatic carboxylic acids is 1. The molecule has 1 fully saturated rings. The van der Waals surface area contributed by atoms with E-state index in [1.54, 1.807) is 6.20 Å². The SMILES string of the molecule is Nc1ccc(-c2ccc(C3CCC(CC(=O)O)CC3)cc2)nc1. The second-order valence-corrected chi connectivity index (χ2v) is 6.41. The minimum Gasteiger partial charge on any atom is -0.481 e. The highest BCUT2D eigenvalue weighted by Gasteiger charge is 2.23. The molecule has 1 aromatic carbocycles. The summed E-state index contributed by atoms with van der Waals surface area (Å²) in [5, 5.41) is 8.89. The van der Waals surface area contributed by atoms with Crippen molar-refractivity contribution >= 4 is 11.7 Å². The molecule has 0 bridgehead atoms. The van der Waals surface area contributed by atoms with Gasteiger partial charge in [-0.3, -0.25) is 9.78 Å². The number of benzene rings is 1. The molecule has 4 nitrogen and oxygen atoms in total. The monoisotopic (exact) mass is 310 g/mol. The van der Waals surface area contributed by atoms with Gasteiger partial charge in [0.05, 0.1) is 17.6 Å². The molecular weight excluding hydrogens is 288 g/mol. The van der Waals surface area contributed by atoms with Crippen molar-refractivity contribution in [2.45, 2.75) is 38.0 Å². The molecule has 3 rings (SSSR count). The van der Waals surface area contributed by atoms with Gasteiger partial charge < -0.3 is 10.8 Å². The lowest BCUT2D eigenvalue weighted by Gasteiger charge is -2.28. The Kier molecular flexibility index (Phi) is 4.60. The minimum absolute atomic E-state index is 0.314. The summed E-state index contributed by atoms with van der Waals surface area (Å²) in [4.78, 5) is 15.1. The largest absolute Gasteiger partial charge is 0.481 e. The predicted molar refractivity (Wildman–Crippen MR) is 91.0 cm³/mol. The molecule has 1 aliphatic carbocycles. The Hall–Kier alpha value is -2.36. The van der Waals surface area contributed by atoms with E-state index >= 15 is 0 Å². The van der Waals surface area contributed by atoms with E-state index in [0.717, 1.165) is 36.9 Å².